The van der Waals surface area contributed by atoms with Gasteiger partial charge in [-0.1, -0.05) is 34.1 Å². The lowest BCUT2D eigenvalue weighted by Gasteiger charge is -2.05. The van der Waals surface area contributed by atoms with E-state index in [9.17, 15) is 0 Å². The molecule has 0 fully saturated rings. The molecule has 3 aromatic rings. The van der Waals surface area contributed by atoms with Gasteiger partial charge in [0.25, 0.3) is 0 Å². The minimum Gasteiger partial charge on any atom is -0.265 e. The zero-order chi connectivity index (χ0) is 13.1. The molecule has 0 unspecified atom stereocenters. The molecule has 0 saturated heterocycles. The predicted octanol–water partition coefficient (Wildman–Crippen LogP) is 4.57. The maximum atomic E-state index is 4.70. The van der Waals surface area contributed by atoms with Crippen molar-refractivity contribution in [2.45, 2.75) is 0 Å². The van der Waals surface area contributed by atoms with Crippen LogP contribution in [-0.4, -0.2) is 9.97 Å². The van der Waals surface area contributed by atoms with Crippen molar-refractivity contribution in [3.63, 3.8) is 0 Å². The topological polar surface area (TPSA) is 25.8 Å². The number of hydrogen-bond donors (Lipinski definition) is 0. The average molecular weight is 311 g/mol. The second-order valence-corrected chi connectivity index (χ2v) is 5.07. The third-order valence-corrected chi connectivity index (χ3v) is 3.39. The van der Waals surface area contributed by atoms with Gasteiger partial charge in [0.05, 0.1) is 11.4 Å². The van der Waals surface area contributed by atoms with E-state index in [1.807, 2.05) is 42.5 Å². The first-order valence-corrected chi connectivity index (χ1v) is 6.75. The molecule has 0 spiro atoms. The van der Waals surface area contributed by atoms with Crippen LogP contribution in [0.25, 0.3) is 22.5 Å². The first kappa shape index (κ1) is 12.1. The quantitative estimate of drug-likeness (QED) is 0.692. The molecule has 3 rings (SSSR count). The van der Waals surface area contributed by atoms with Crippen molar-refractivity contribution in [3.8, 4) is 22.5 Å². The maximum Gasteiger partial charge on any atom is 0.0710 e. The molecular formula is C16H11BrN2. The van der Waals surface area contributed by atoms with Gasteiger partial charge < -0.3 is 0 Å². The normalized spacial score (nSPS) is 10.4. The molecule has 0 saturated carbocycles. The summed E-state index contributed by atoms with van der Waals surface area (Å²) in [6.07, 6.45) is 3.56. The van der Waals surface area contributed by atoms with E-state index in [-0.39, 0.29) is 0 Å². The minimum atomic E-state index is 0.961. The zero-order valence-electron chi connectivity index (χ0n) is 10.1. The van der Waals surface area contributed by atoms with Gasteiger partial charge in [-0.3, -0.25) is 4.98 Å². The van der Waals surface area contributed by atoms with E-state index in [4.69, 9.17) is 4.98 Å². The van der Waals surface area contributed by atoms with Crippen molar-refractivity contribution in [1.82, 2.24) is 9.97 Å². The monoisotopic (exact) mass is 310 g/mol. The van der Waals surface area contributed by atoms with Crippen LogP contribution in [0.2, 0.25) is 0 Å². The van der Waals surface area contributed by atoms with E-state index in [0.29, 0.717) is 0 Å². The Morgan fingerprint density at radius 1 is 0.684 bits per heavy atom. The number of nitrogens with zero attached hydrogens (tertiary/aromatic N) is 2. The summed E-state index contributed by atoms with van der Waals surface area (Å²) in [5.41, 5.74) is 4.12. The highest BCUT2D eigenvalue weighted by Gasteiger charge is 2.02. The van der Waals surface area contributed by atoms with Gasteiger partial charge in [0.15, 0.2) is 0 Å². The summed E-state index contributed by atoms with van der Waals surface area (Å²) in [4.78, 5) is 8.73. The van der Waals surface area contributed by atoms with Crippen LogP contribution < -0.4 is 0 Å². The summed E-state index contributed by atoms with van der Waals surface area (Å²) < 4.78 is 1.07. The Bertz CT molecular complexity index is 679. The molecule has 0 aliphatic rings. The van der Waals surface area contributed by atoms with E-state index in [0.717, 1.165) is 27.0 Å². The molecular weight excluding hydrogens is 300 g/mol. The van der Waals surface area contributed by atoms with E-state index < -0.39 is 0 Å². The Morgan fingerprint density at radius 3 is 1.89 bits per heavy atom. The van der Waals surface area contributed by atoms with Crippen LogP contribution in [0.5, 0.6) is 0 Å². The standard InChI is InChI=1S/C16H11BrN2/c17-14-6-4-12(5-7-14)15-2-1-3-16(19-15)13-8-10-18-11-9-13/h1-11H. The van der Waals surface area contributed by atoms with Gasteiger partial charge in [0, 0.05) is 28.0 Å². The Morgan fingerprint density at radius 2 is 1.26 bits per heavy atom. The molecule has 92 valence electrons. The summed E-state index contributed by atoms with van der Waals surface area (Å²) in [6, 6.07) is 18.2. The fourth-order valence-electron chi connectivity index (χ4n) is 1.90. The molecule has 2 aromatic heterocycles. The lowest BCUT2D eigenvalue weighted by molar-refractivity contribution is 1.29. The zero-order valence-corrected chi connectivity index (χ0v) is 11.7. The third kappa shape index (κ3) is 2.71. The van der Waals surface area contributed by atoms with Gasteiger partial charge in [0.2, 0.25) is 0 Å². The predicted molar refractivity (Wildman–Crippen MR) is 80.6 cm³/mol. The van der Waals surface area contributed by atoms with Crippen LogP contribution >= 0.6 is 15.9 Å². The highest BCUT2D eigenvalue weighted by atomic mass is 79.9. The fraction of sp³-hybridized carbons (Fsp3) is 0. The van der Waals surface area contributed by atoms with Crippen molar-refractivity contribution >= 4 is 15.9 Å². The molecule has 19 heavy (non-hydrogen) atoms. The van der Waals surface area contributed by atoms with E-state index in [1.54, 1.807) is 12.4 Å². The number of pyridine rings is 2. The van der Waals surface area contributed by atoms with Crippen LogP contribution in [0.3, 0.4) is 0 Å². The molecule has 2 nitrogen and oxygen atoms in total. The Labute approximate surface area is 120 Å². The number of halogens is 1. The van der Waals surface area contributed by atoms with Crippen molar-refractivity contribution in [2.24, 2.45) is 0 Å². The Balaban J connectivity index is 2.03. The van der Waals surface area contributed by atoms with Crippen molar-refractivity contribution < 1.29 is 0 Å². The van der Waals surface area contributed by atoms with Crippen molar-refractivity contribution in [2.75, 3.05) is 0 Å². The summed E-state index contributed by atoms with van der Waals surface area (Å²) in [7, 11) is 0. The molecule has 0 atom stereocenters. The molecule has 0 amide bonds. The number of hydrogen-bond acceptors (Lipinski definition) is 2. The molecule has 0 aliphatic carbocycles. The van der Waals surface area contributed by atoms with E-state index >= 15 is 0 Å². The summed E-state index contributed by atoms with van der Waals surface area (Å²) in [5, 5.41) is 0. The maximum absolute atomic E-state index is 4.70. The Kier molecular flexibility index (Phi) is 3.38. The van der Waals surface area contributed by atoms with Crippen LogP contribution in [0.15, 0.2) is 71.5 Å². The highest BCUT2D eigenvalue weighted by Crippen LogP contribution is 2.23. The van der Waals surface area contributed by atoms with Crippen LogP contribution in [0.4, 0.5) is 0 Å². The van der Waals surface area contributed by atoms with Gasteiger partial charge >= 0.3 is 0 Å². The molecule has 3 heteroatoms. The van der Waals surface area contributed by atoms with Gasteiger partial charge in [-0.2, -0.15) is 0 Å². The van der Waals surface area contributed by atoms with E-state index in [2.05, 4.69) is 33.0 Å². The van der Waals surface area contributed by atoms with Gasteiger partial charge in [-0.15, -0.1) is 0 Å². The minimum absolute atomic E-state index is 0.961. The first-order chi connectivity index (χ1) is 9.33. The third-order valence-electron chi connectivity index (χ3n) is 2.87. The van der Waals surface area contributed by atoms with Crippen LogP contribution in [0.1, 0.15) is 0 Å². The fourth-order valence-corrected chi connectivity index (χ4v) is 2.16. The largest absolute Gasteiger partial charge is 0.265 e. The number of rotatable bonds is 2. The summed E-state index contributed by atoms with van der Waals surface area (Å²) in [5.74, 6) is 0. The molecule has 0 radical (unpaired) electrons. The van der Waals surface area contributed by atoms with Gasteiger partial charge in [0.1, 0.15) is 0 Å². The summed E-state index contributed by atoms with van der Waals surface area (Å²) in [6.45, 7) is 0. The molecule has 1 aromatic carbocycles. The second-order valence-electron chi connectivity index (χ2n) is 4.15. The SMILES string of the molecule is Brc1ccc(-c2cccc(-c3ccncc3)n2)cc1. The Hall–Kier alpha value is -2.00. The lowest BCUT2D eigenvalue weighted by atomic mass is 10.1. The average Bonchev–Trinajstić information content (AvgIpc) is 2.49. The van der Waals surface area contributed by atoms with Gasteiger partial charge in [-0.25, -0.2) is 4.98 Å². The number of benzene rings is 1. The molecule has 0 aliphatic heterocycles. The van der Waals surface area contributed by atoms with Gasteiger partial charge in [-0.05, 0) is 36.4 Å². The van der Waals surface area contributed by atoms with Crippen molar-refractivity contribution in [3.05, 3.63) is 71.5 Å². The van der Waals surface area contributed by atoms with Crippen molar-refractivity contribution in [1.29, 1.82) is 0 Å². The molecule has 0 N–H and O–H groups in total. The molecule has 0 bridgehead atoms. The smallest absolute Gasteiger partial charge is 0.0710 e. The number of aromatic nitrogens is 2. The highest BCUT2D eigenvalue weighted by molar-refractivity contribution is 9.10. The van der Waals surface area contributed by atoms with E-state index in [1.165, 1.54) is 0 Å². The summed E-state index contributed by atoms with van der Waals surface area (Å²) >= 11 is 3.44. The first-order valence-electron chi connectivity index (χ1n) is 5.96. The molecule has 2 heterocycles. The van der Waals surface area contributed by atoms with Crippen LogP contribution in [-0.2, 0) is 0 Å². The second kappa shape index (κ2) is 5.33. The van der Waals surface area contributed by atoms with Crippen LogP contribution in [0, 0.1) is 0 Å². The lowest BCUT2D eigenvalue weighted by Crippen LogP contribution is -1.87.